The van der Waals surface area contributed by atoms with Crippen LogP contribution in [-0.4, -0.2) is 45.0 Å². The third kappa shape index (κ3) is 2.85. The summed E-state index contributed by atoms with van der Waals surface area (Å²) in [5, 5.41) is 6.18. The van der Waals surface area contributed by atoms with Crippen LogP contribution in [0.25, 0.3) is 0 Å². The van der Waals surface area contributed by atoms with Gasteiger partial charge < -0.3 is 10.6 Å². The molecule has 2 atom stereocenters. The summed E-state index contributed by atoms with van der Waals surface area (Å²) >= 11 is 0. The first-order chi connectivity index (χ1) is 8.47. The van der Waals surface area contributed by atoms with E-state index in [-0.39, 0.29) is 28.9 Å². The normalized spacial score (nSPS) is 34.6. The second-order valence-corrected chi connectivity index (χ2v) is 7.76. The predicted molar refractivity (Wildman–Crippen MR) is 70.0 cm³/mol. The minimum Gasteiger partial charge on any atom is -0.352 e. The van der Waals surface area contributed by atoms with E-state index in [1.54, 1.807) is 0 Å². The summed E-state index contributed by atoms with van der Waals surface area (Å²) in [6, 6.07) is -0.183. The zero-order valence-corrected chi connectivity index (χ0v) is 11.7. The smallest absolute Gasteiger partial charge is 0.227 e. The number of hydrogen-bond acceptors (Lipinski definition) is 4. The van der Waals surface area contributed by atoms with Crippen LogP contribution in [0.4, 0.5) is 0 Å². The maximum absolute atomic E-state index is 12.4. The number of carbonyl (C=O) groups excluding carboxylic acids is 1. The Labute approximate surface area is 109 Å². The Kier molecular flexibility index (Phi) is 3.96. The molecule has 104 valence electrons. The topological polar surface area (TPSA) is 75.3 Å². The first-order valence-electron chi connectivity index (χ1n) is 6.69. The van der Waals surface area contributed by atoms with Crippen LogP contribution in [0, 0.1) is 5.41 Å². The highest BCUT2D eigenvalue weighted by Crippen LogP contribution is 2.31. The van der Waals surface area contributed by atoms with E-state index < -0.39 is 9.84 Å². The van der Waals surface area contributed by atoms with Crippen molar-refractivity contribution in [1.82, 2.24) is 10.6 Å². The Balaban J connectivity index is 1.98. The molecule has 2 fully saturated rings. The molecule has 0 aromatic rings. The molecule has 2 unspecified atom stereocenters. The third-order valence-corrected chi connectivity index (χ3v) is 5.79. The molecule has 2 saturated heterocycles. The Morgan fingerprint density at radius 3 is 2.78 bits per heavy atom. The van der Waals surface area contributed by atoms with Gasteiger partial charge in [0.1, 0.15) is 0 Å². The number of hydrogen-bond donors (Lipinski definition) is 2. The van der Waals surface area contributed by atoms with Crippen molar-refractivity contribution in [3.63, 3.8) is 0 Å². The molecule has 0 aliphatic carbocycles. The van der Waals surface area contributed by atoms with Crippen LogP contribution in [0.15, 0.2) is 0 Å². The lowest BCUT2D eigenvalue weighted by atomic mass is 9.81. The van der Waals surface area contributed by atoms with Gasteiger partial charge in [0.05, 0.1) is 16.9 Å². The Hall–Kier alpha value is -0.620. The van der Waals surface area contributed by atoms with E-state index in [0.29, 0.717) is 13.0 Å². The van der Waals surface area contributed by atoms with Crippen molar-refractivity contribution in [2.75, 3.05) is 24.6 Å². The van der Waals surface area contributed by atoms with E-state index in [2.05, 4.69) is 17.6 Å². The van der Waals surface area contributed by atoms with Gasteiger partial charge in [-0.3, -0.25) is 4.79 Å². The van der Waals surface area contributed by atoms with Gasteiger partial charge in [0, 0.05) is 12.6 Å². The van der Waals surface area contributed by atoms with E-state index >= 15 is 0 Å². The number of amides is 1. The summed E-state index contributed by atoms with van der Waals surface area (Å²) in [6.45, 7) is 3.66. The van der Waals surface area contributed by atoms with Crippen molar-refractivity contribution in [2.24, 2.45) is 5.41 Å². The lowest BCUT2D eigenvalue weighted by Crippen LogP contribution is -2.47. The van der Waals surface area contributed by atoms with Crippen LogP contribution in [-0.2, 0) is 14.6 Å². The molecule has 2 rings (SSSR count). The molecule has 0 aromatic carbocycles. The number of nitrogens with one attached hydrogen (secondary N) is 2. The van der Waals surface area contributed by atoms with E-state index in [1.807, 2.05) is 0 Å². The molecule has 0 bridgehead atoms. The lowest BCUT2D eigenvalue weighted by Gasteiger charge is -2.28. The highest BCUT2D eigenvalue weighted by atomic mass is 32.2. The SMILES string of the molecule is CCCC1(C(=O)NC2CCS(=O)(=O)C2)CCNC1. The van der Waals surface area contributed by atoms with Gasteiger partial charge in [-0.15, -0.1) is 0 Å². The third-order valence-electron chi connectivity index (χ3n) is 4.02. The van der Waals surface area contributed by atoms with Gasteiger partial charge in [0.2, 0.25) is 5.91 Å². The molecule has 5 nitrogen and oxygen atoms in total. The monoisotopic (exact) mass is 274 g/mol. The van der Waals surface area contributed by atoms with Crippen molar-refractivity contribution in [3.05, 3.63) is 0 Å². The summed E-state index contributed by atoms with van der Waals surface area (Å²) in [5.41, 5.74) is -0.318. The van der Waals surface area contributed by atoms with Gasteiger partial charge in [-0.05, 0) is 25.8 Å². The first kappa shape index (κ1) is 13.8. The second kappa shape index (κ2) is 5.17. The van der Waals surface area contributed by atoms with Gasteiger partial charge in [0.15, 0.2) is 9.84 Å². The molecule has 2 aliphatic rings. The van der Waals surface area contributed by atoms with Crippen LogP contribution in [0.3, 0.4) is 0 Å². The van der Waals surface area contributed by atoms with E-state index in [4.69, 9.17) is 0 Å². The lowest BCUT2D eigenvalue weighted by molar-refractivity contribution is -0.131. The highest BCUT2D eigenvalue weighted by molar-refractivity contribution is 7.91. The molecule has 18 heavy (non-hydrogen) atoms. The van der Waals surface area contributed by atoms with Crippen molar-refractivity contribution < 1.29 is 13.2 Å². The van der Waals surface area contributed by atoms with Gasteiger partial charge >= 0.3 is 0 Å². The maximum Gasteiger partial charge on any atom is 0.227 e. The van der Waals surface area contributed by atoms with Crippen LogP contribution < -0.4 is 10.6 Å². The average Bonchev–Trinajstić information content (AvgIpc) is 2.87. The largest absolute Gasteiger partial charge is 0.352 e. The fourth-order valence-corrected chi connectivity index (χ4v) is 4.66. The standard InChI is InChI=1S/C12H22N2O3S/c1-2-4-12(5-6-13-9-12)11(15)14-10-3-7-18(16,17)8-10/h10,13H,2-9H2,1H3,(H,14,15). The molecule has 0 spiro atoms. The van der Waals surface area contributed by atoms with E-state index in [0.717, 1.165) is 25.8 Å². The summed E-state index contributed by atoms with van der Waals surface area (Å²) in [6.07, 6.45) is 3.25. The van der Waals surface area contributed by atoms with Crippen LogP contribution in [0.1, 0.15) is 32.6 Å². The Bertz CT molecular complexity index is 413. The summed E-state index contributed by atoms with van der Waals surface area (Å²) in [5.74, 6) is 0.349. The van der Waals surface area contributed by atoms with Gasteiger partial charge in [-0.1, -0.05) is 13.3 Å². The average molecular weight is 274 g/mol. The number of sulfone groups is 1. The summed E-state index contributed by atoms with van der Waals surface area (Å²) < 4.78 is 22.8. The maximum atomic E-state index is 12.4. The molecule has 1 amide bonds. The zero-order valence-electron chi connectivity index (χ0n) is 10.9. The predicted octanol–water partition coefficient (Wildman–Crippen LogP) is 0.0695. The highest BCUT2D eigenvalue weighted by Gasteiger charge is 2.42. The molecule has 2 heterocycles. The quantitative estimate of drug-likeness (QED) is 0.761. The van der Waals surface area contributed by atoms with Gasteiger partial charge in [-0.2, -0.15) is 0 Å². The molecule has 2 N–H and O–H groups in total. The Morgan fingerprint density at radius 2 is 2.28 bits per heavy atom. The molecular weight excluding hydrogens is 252 g/mol. The van der Waals surface area contributed by atoms with Crippen molar-refractivity contribution >= 4 is 15.7 Å². The fraction of sp³-hybridized carbons (Fsp3) is 0.917. The van der Waals surface area contributed by atoms with Crippen molar-refractivity contribution in [1.29, 1.82) is 0 Å². The van der Waals surface area contributed by atoms with Crippen molar-refractivity contribution in [3.8, 4) is 0 Å². The molecule has 0 radical (unpaired) electrons. The molecular formula is C12H22N2O3S. The molecule has 2 aliphatic heterocycles. The summed E-state index contributed by atoms with van der Waals surface area (Å²) in [4.78, 5) is 12.4. The minimum absolute atomic E-state index is 0.0384. The molecule has 6 heteroatoms. The second-order valence-electron chi connectivity index (χ2n) is 5.53. The van der Waals surface area contributed by atoms with Crippen molar-refractivity contribution in [2.45, 2.75) is 38.6 Å². The van der Waals surface area contributed by atoms with E-state index in [9.17, 15) is 13.2 Å². The molecule has 0 saturated carbocycles. The number of rotatable bonds is 4. The van der Waals surface area contributed by atoms with Crippen LogP contribution in [0.2, 0.25) is 0 Å². The fourth-order valence-electron chi connectivity index (χ4n) is 2.99. The summed E-state index contributed by atoms with van der Waals surface area (Å²) in [7, 11) is -2.93. The number of carbonyl (C=O) groups is 1. The van der Waals surface area contributed by atoms with Crippen LogP contribution in [0.5, 0.6) is 0 Å². The molecule has 0 aromatic heterocycles. The van der Waals surface area contributed by atoms with Gasteiger partial charge in [-0.25, -0.2) is 8.42 Å². The Morgan fingerprint density at radius 1 is 1.50 bits per heavy atom. The van der Waals surface area contributed by atoms with Crippen LogP contribution >= 0.6 is 0 Å². The minimum atomic E-state index is -2.93. The first-order valence-corrected chi connectivity index (χ1v) is 8.52. The van der Waals surface area contributed by atoms with Gasteiger partial charge in [0.25, 0.3) is 0 Å². The zero-order chi connectivity index (χ0) is 13.2. The van der Waals surface area contributed by atoms with E-state index in [1.165, 1.54) is 0 Å².